The van der Waals surface area contributed by atoms with Crippen LogP contribution in [0.25, 0.3) is 27.5 Å². The van der Waals surface area contributed by atoms with Gasteiger partial charge >= 0.3 is 0 Å². The maximum Gasteiger partial charge on any atom is 0.0674 e. The second-order valence-corrected chi connectivity index (χ2v) is 5.99. The molecule has 0 saturated carbocycles. The van der Waals surface area contributed by atoms with Crippen LogP contribution in [0.4, 0.5) is 0 Å². The van der Waals surface area contributed by atoms with E-state index in [4.69, 9.17) is 0 Å². The quantitative estimate of drug-likeness (QED) is 0.397. The fourth-order valence-electron chi connectivity index (χ4n) is 2.82. The Hall–Kier alpha value is -1.81. The SMILES string of the molecule is Ic1cccc2c3ccccc3n(-c3ccccc3)c12. The highest BCUT2D eigenvalue weighted by Gasteiger charge is 2.13. The molecule has 0 bridgehead atoms. The van der Waals surface area contributed by atoms with E-state index in [9.17, 15) is 0 Å². The van der Waals surface area contributed by atoms with Crippen molar-refractivity contribution in [2.24, 2.45) is 0 Å². The van der Waals surface area contributed by atoms with Crippen molar-refractivity contribution in [3.8, 4) is 5.69 Å². The van der Waals surface area contributed by atoms with Crippen molar-refractivity contribution in [1.82, 2.24) is 4.57 Å². The van der Waals surface area contributed by atoms with Crippen LogP contribution in [0.5, 0.6) is 0 Å². The molecule has 4 aromatic rings. The highest BCUT2D eigenvalue weighted by atomic mass is 127. The van der Waals surface area contributed by atoms with Gasteiger partial charge in [0.05, 0.1) is 11.0 Å². The summed E-state index contributed by atoms with van der Waals surface area (Å²) in [5.74, 6) is 0. The first-order chi connectivity index (χ1) is 9.86. The van der Waals surface area contributed by atoms with E-state index in [-0.39, 0.29) is 0 Å². The number of halogens is 1. The molecule has 3 aromatic carbocycles. The van der Waals surface area contributed by atoms with Crippen molar-refractivity contribution in [3.05, 3.63) is 76.4 Å². The zero-order valence-electron chi connectivity index (χ0n) is 10.8. The van der Waals surface area contributed by atoms with Gasteiger partial charge in [0.1, 0.15) is 0 Å². The molecular weight excluding hydrogens is 357 g/mol. The molecule has 0 atom stereocenters. The Morgan fingerprint density at radius 2 is 1.35 bits per heavy atom. The van der Waals surface area contributed by atoms with E-state index in [1.165, 1.54) is 31.1 Å². The summed E-state index contributed by atoms with van der Waals surface area (Å²) in [7, 11) is 0. The fraction of sp³-hybridized carbons (Fsp3) is 0. The Labute approximate surface area is 131 Å². The van der Waals surface area contributed by atoms with Gasteiger partial charge in [-0.25, -0.2) is 0 Å². The van der Waals surface area contributed by atoms with Crippen LogP contribution in [0, 0.1) is 3.57 Å². The van der Waals surface area contributed by atoms with Crippen LogP contribution >= 0.6 is 22.6 Å². The molecule has 1 nitrogen and oxygen atoms in total. The lowest BCUT2D eigenvalue weighted by molar-refractivity contribution is 1.18. The molecule has 0 fully saturated rings. The number of nitrogens with zero attached hydrogens (tertiary/aromatic N) is 1. The zero-order chi connectivity index (χ0) is 13.5. The number of benzene rings is 3. The van der Waals surface area contributed by atoms with Crippen molar-refractivity contribution in [2.75, 3.05) is 0 Å². The lowest BCUT2D eigenvalue weighted by Crippen LogP contribution is -1.94. The van der Waals surface area contributed by atoms with Gasteiger partial charge in [0, 0.05) is 20.0 Å². The molecule has 1 aromatic heterocycles. The number of hydrogen-bond donors (Lipinski definition) is 0. The minimum absolute atomic E-state index is 1.21. The third-order valence-electron chi connectivity index (χ3n) is 3.66. The van der Waals surface area contributed by atoms with Crippen molar-refractivity contribution >= 4 is 44.4 Å². The van der Waals surface area contributed by atoms with E-state index in [1.807, 2.05) is 0 Å². The summed E-state index contributed by atoms with van der Waals surface area (Å²) >= 11 is 2.42. The summed E-state index contributed by atoms with van der Waals surface area (Å²) in [4.78, 5) is 0. The summed E-state index contributed by atoms with van der Waals surface area (Å²) in [6, 6.07) is 25.7. The first-order valence-electron chi connectivity index (χ1n) is 6.59. The Morgan fingerprint density at radius 3 is 2.20 bits per heavy atom. The molecule has 0 spiro atoms. The van der Waals surface area contributed by atoms with Gasteiger partial charge in [-0.15, -0.1) is 0 Å². The molecule has 0 aliphatic heterocycles. The maximum absolute atomic E-state index is 2.42. The zero-order valence-corrected chi connectivity index (χ0v) is 12.9. The number of aromatic nitrogens is 1. The molecular formula is C18H12IN. The number of para-hydroxylation sites is 3. The van der Waals surface area contributed by atoms with Gasteiger partial charge < -0.3 is 4.57 Å². The molecule has 2 heteroatoms. The molecule has 0 radical (unpaired) electrons. The topological polar surface area (TPSA) is 4.93 Å². The minimum Gasteiger partial charge on any atom is -0.308 e. The Balaban J connectivity index is 2.27. The molecule has 0 amide bonds. The van der Waals surface area contributed by atoms with Crippen LogP contribution in [0.3, 0.4) is 0 Å². The van der Waals surface area contributed by atoms with Crippen molar-refractivity contribution in [1.29, 1.82) is 0 Å². The van der Waals surface area contributed by atoms with Crippen LogP contribution < -0.4 is 0 Å². The lowest BCUT2D eigenvalue weighted by Gasteiger charge is -2.08. The van der Waals surface area contributed by atoms with Crippen LogP contribution in [0.15, 0.2) is 72.8 Å². The van der Waals surface area contributed by atoms with Gasteiger partial charge in [-0.05, 0) is 46.9 Å². The van der Waals surface area contributed by atoms with Gasteiger partial charge in [-0.1, -0.05) is 48.5 Å². The summed E-state index contributed by atoms with van der Waals surface area (Å²) in [6.45, 7) is 0. The summed E-state index contributed by atoms with van der Waals surface area (Å²) in [5.41, 5.74) is 3.76. The van der Waals surface area contributed by atoms with Crippen molar-refractivity contribution in [2.45, 2.75) is 0 Å². The minimum atomic E-state index is 1.21. The number of fused-ring (bicyclic) bond motifs is 3. The normalized spacial score (nSPS) is 11.2. The number of rotatable bonds is 1. The van der Waals surface area contributed by atoms with Crippen LogP contribution in [0.2, 0.25) is 0 Å². The molecule has 1 heterocycles. The van der Waals surface area contributed by atoms with Crippen molar-refractivity contribution < 1.29 is 0 Å². The van der Waals surface area contributed by atoms with E-state index < -0.39 is 0 Å². The monoisotopic (exact) mass is 369 g/mol. The summed E-state index contributed by atoms with van der Waals surface area (Å²) in [5, 5.41) is 2.63. The fourth-order valence-corrected chi connectivity index (χ4v) is 3.56. The van der Waals surface area contributed by atoms with Gasteiger partial charge in [0.25, 0.3) is 0 Å². The molecule has 4 rings (SSSR count). The van der Waals surface area contributed by atoms with Gasteiger partial charge in [-0.2, -0.15) is 0 Å². The second-order valence-electron chi connectivity index (χ2n) is 4.82. The lowest BCUT2D eigenvalue weighted by atomic mass is 10.2. The Morgan fingerprint density at radius 1 is 0.650 bits per heavy atom. The third kappa shape index (κ3) is 1.68. The van der Waals surface area contributed by atoms with E-state index in [1.54, 1.807) is 0 Å². The van der Waals surface area contributed by atoms with E-state index in [2.05, 4.69) is 100.0 Å². The predicted molar refractivity (Wildman–Crippen MR) is 93.5 cm³/mol. The van der Waals surface area contributed by atoms with E-state index in [0.29, 0.717) is 0 Å². The highest BCUT2D eigenvalue weighted by molar-refractivity contribution is 14.1. The average Bonchev–Trinajstić information content (AvgIpc) is 2.84. The first kappa shape index (κ1) is 12.0. The molecule has 0 N–H and O–H groups in total. The summed E-state index contributed by atoms with van der Waals surface area (Å²) in [6.07, 6.45) is 0. The third-order valence-corrected chi connectivity index (χ3v) is 4.53. The van der Waals surface area contributed by atoms with E-state index >= 15 is 0 Å². The van der Waals surface area contributed by atoms with Crippen LogP contribution in [-0.2, 0) is 0 Å². The molecule has 0 unspecified atom stereocenters. The van der Waals surface area contributed by atoms with Gasteiger partial charge in [0.15, 0.2) is 0 Å². The average molecular weight is 369 g/mol. The van der Waals surface area contributed by atoms with Crippen LogP contribution in [0.1, 0.15) is 0 Å². The highest BCUT2D eigenvalue weighted by Crippen LogP contribution is 2.34. The molecule has 0 saturated heterocycles. The van der Waals surface area contributed by atoms with E-state index in [0.717, 1.165) is 0 Å². The van der Waals surface area contributed by atoms with Crippen molar-refractivity contribution in [3.63, 3.8) is 0 Å². The molecule has 20 heavy (non-hydrogen) atoms. The van der Waals surface area contributed by atoms with Crippen LogP contribution in [-0.4, -0.2) is 4.57 Å². The Bertz CT molecular complexity index is 907. The largest absolute Gasteiger partial charge is 0.308 e. The Kier molecular flexibility index (Phi) is 2.77. The van der Waals surface area contributed by atoms with Gasteiger partial charge in [-0.3, -0.25) is 0 Å². The first-order valence-corrected chi connectivity index (χ1v) is 7.67. The smallest absolute Gasteiger partial charge is 0.0674 e. The molecule has 96 valence electrons. The predicted octanol–water partition coefficient (Wildman–Crippen LogP) is 5.39. The second kappa shape index (κ2) is 4.63. The molecule has 0 aliphatic carbocycles. The van der Waals surface area contributed by atoms with Gasteiger partial charge in [0.2, 0.25) is 0 Å². The number of hydrogen-bond acceptors (Lipinski definition) is 0. The summed E-state index contributed by atoms with van der Waals surface area (Å²) < 4.78 is 3.63. The standard InChI is InChI=1S/C18H12IN/c19-16-11-6-10-15-14-9-4-5-12-17(14)20(18(15)16)13-7-2-1-3-8-13/h1-12H. The maximum atomic E-state index is 2.42. The molecule has 0 aliphatic rings.